The van der Waals surface area contributed by atoms with Crippen LogP contribution in [0.3, 0.4) is 0 Å². The summed E-state index contributed by atoms with van der Waals surface area (Å²) in [4.78, 5) is 58.3. The molecule has 6 aromatic rings. The van der Waals surface area contributed by atoms with Crippen LogP contribution in [0.15, 0.2) is 73.2 Å². The summed E-state index contributed by atoms with van der Waals surface area (Å²) in [7, 11) is 0. The van der Waals surface area contributed by atoms with E-state index < -0.39 is 212 Å². The first-order valence-electron chi connectivity index (χ1n) is 35.0. The van der Waals surface area contributed by atoms with Gasteiger partial charge < -0.3 is 100.0 Å². The van der Waals surface area contributed by atoms with Crippen LogP contribution in [0, 0.1) is 46.7 Å². The maximum absolute atomic E-state index is 15.0. The van der Waals surface area contributed by atoms with E-state index in [9.17, 15) is 91.5 Å². The molecule has 2 saturated carbocycles. The molecule has 2 aliphatic carbocycles. The number of carbonyl (C=O) groups is 4. The lowest BCUT2D eigenvalue weighted by Gasteiger charge is -2.49. The lowest BCUT2D eigenvalue weighted by atomic mass is 9.80. The van der Waals surface area contributed by atoms with Crippen molar-refractivity contribution in [3.05, 3.63) is 108 Å². The number of benzene rings is 3. The highest BCUT2D eigenvalue weighted by atomic mass is 19.2. The van der Waals surface area contributed by atoms with Crippen LogP contribution < -0.4 is 16.0 Å². The quantitative estimate of drug-likeness (QED) is 0.0196. The van der Waals surface area contributed by atoms with Gasteiger partial charge in [-0.15, -0.1) is 15.3 Å². The van der Waals surface area contributed by atoms with Crippen LogP contribution in [0.25, 0.3) is 33.8 Å². The van der Waals surface area contributed by atoms with Gasteiger partial charge in [-0.25, -0.2) is 40.4 Å². The lowest BCUT2D eigenvalue weighted by Crippen LogP contribution is -2.67. The molecule has 0 bridgehead atoms. The predicted octanol–water partition coefficient (Wildman–Crippen LogP) is -0.475. The van der Waals surface area contributed by atoms with Gasteiger partial charge in [-0.3, -0.25) is 19.2 Å². The lowest BCUT2D eigenvalue weighted by molar-refractivity contribution is -0.337. The van der Waals surface area contributed by atoms with E-state index in [0.717, 1.165) is 28.2 Å². The molecule has 582 valence electrons. The van der Waals surface area contributed by atoms with Crippen molar-refractivity contribution in [2.24, 2.45) is 11.8 Å². The second kappa shape index (κ2) is 33.8. The summed E-state index contributed by atoms with van der Waals surface area (Å²) < 4.78 is 133. The first-order valence-corrected chi connectivity index (χ1v) is 35.0. The number of ether oxygens (including phenoxy) is 7. The number of rotatable bonds is 25. The minimum Gasteiger partial charge on any atom is -0.394 e. The Morgan fingerprint density at radius 2 is 1.07 bits per heavy atom. The Kier molecular flexibility index (Phi) is 24.8. The SMILES string of the molecule is CCC[C@H](OC1C(NC(C)=O)[C@H](O[C@@H]2CC(C(=O)NCCNC(=O)C3CC(n4cc(-c5cc(F)c(F)c(F)c5)nn4)C(O)[C@H](O[C@@H]4OC(CO)[C@H](O)C(n5cc(-c6cc(F)c(F)c(F)c6)nn5)C4O)C3)CC(n3cc(-c4ccccc4)nn3)C2O[C@@H]2OC(C)[C@@H](O)C(O)C2O)OC(CO)[C@@H]1O)C(=O)N1CCC1. The molecule has 12 N–H and O–H groups in total. The molecule has 6 fully saturated rings. The molecule has 12 rings (SSSR count). The van der Waals surface area contributed by atoms with Crippen LogP contribution in [0.2, 0.25) is 0 Å². The predicted molar refractivity (Wildman–Crippen MR) is 350 cm³/mol. The maximum atomic E-state index is 15.0. The third-order valence-corrected chi connectivity index (χ3v) is 20.3. The average molecular weight is 1520 g/mol. The second-order valence-corrected chi connectivity index (χ2v) is 27.5. The molecular weight excluding hydrogens is 1430 g/mol. The smallest absolute Gasteiger partial charge is 0.251 e. The van der Waals surface area contributed by atoms with Crippen molar-refractivity contribution >= 4 is 23.6 Å². The molecule has 3 aromatic carbocycles. The number of aliphatic hydroxyl groups excluding tert-OH is 9. The van der Waals surface area contributed by atoms with Gasteiger partial charge in [-0.1, -0.05) is 59.3 Å². The molecule has 15 unspecified atom stereocenters. The Morgan fingerprint density at radius 1 is 0.570 bits per heavy atom. The minimum absolute atomic E-state index is 0.162. The first kappa shape index (κ1) is 78.5. The van der Waals surface area contributed by atoms with Crippen LogP contribution in [0.4, 0.5) is 26.3 Å². The van der Waals surface area contributed by atoms with Gasteiger partial charge in [0.2, 0.25) is 17.7 Å². The Balaban J connectivity index is 0.811. The summed E-state index contributed by atoms with van der Waals surface area (Å²) in [5, 5.41) is 135. The number of halogens is 6. The number of nitrogens with one attached hydrogen (secondary N) is 3. The first-order chi connectivity index (χ1) is 51.2. The number of aromatic nitrogens is 9. The molecule has 4 saturated heterocycles. The fourth-order valence-electron chi connectivity index (χ4n) is 14.4. The van der Waals surface area contributed by atoms with Crippen LogP contribution >= 0.6 is 0 Å². The van der Waals surface area contributed by atoms with Crippen molar-refractivity contribution in [2.45, 2.75) is 200 Å². The van der Waals surface area contributed by atoms with Crippen LogP contribution in [0.1, 0.15) is 83.8 Å². The molecule has 6 aliphatic rings. The van der Waals surface area contributed by atoms with Gasteiger partial charge in [0.15, 0.2) is 53.8 Å². The molecule has 107 heavy (non-hydrogen) atoms. The molecule has 24 atom stereocenters. The van der Waals surface area contributed by atoms with Crippen molar-refractivity contribution in [3.63, 3.8) is 0 Å². The molecule has 4 amide bonds. The summed E-state index contributed by atoms with van der Waals surface area (Å²) in [6, 6.07) is 5.86. The van der Waals surface area contributed by atoms with Crippen LogP contribution in [0.5, 0.6) is 0 Å². The number of amides is 4. The highest BCUT2D eigenvalue weighted by Crippen LogP contribution is 2.43. The van der Waals surface area contributed by atoms with E-state index in [0.29, 0.717) is 55.0 Å². The number of aliphatic hydroxyl groups is 9. The van der Waals surface area contributed by atoms with Gasteiger partial charge in [0.05, 0.1) is 62.2 Å². The van der Waals surface area contributed by atoms with E-state index >= 15 is 0 Å². The highest BCUT2D eigenvalue weighted by molar-refractivity contribution is 5.82. The van der Waals surface area contributed by atoms with E-state index in [4.69, 9.17) is 33.2 Å². The molecule has 39 heteroatoms. The van der Waals surface area contributed by atoms with Crippen molar-refractivity contribution in [1.82, 2.24) is 65.8 Å². The normalized spacial score (nSPS) is 32.8. The topological polar surface area (TPSA) is 446 Å². The van der Waals surface area contributed by atoms with Gasteiger partial charge in [-0.05, 0) is 69.7 Å². The molecule has 0 radical (unpaired) electrons. The fraction of sp³-hybridized carbons (Fsp3) is 0.588. The zero-order valence-corrected chi connectivity index (χ0v) is 57.7. The van der Waals surface area contributed by atoms with Crippen molar-refractivity contribution in [2.75, 3.05) is 39.4 Å². The summed E-state index contributed by atoms with van der Waals surface area (Å²) in [6.45, 7) is 3.00. The molecule has 0 spiro atoms. The Bertz CT molecular complexity index is 4030. The van der Waals surface area contributed by atoms with Gasteiger partial charge in [0.1, 0.15) is 102 Å². The van der Waals surface area contributed by atoms with Crippen molar-refractivity contribution in [1.29, 1.82) is 0 Å². The van der Waals surface area contributed by atoms with Gasteiger partial charge in [-0.2, -0.15) is 0 Å². The molecule has 33 nitrogen and oxygen atoms in total. The fourth-order valence-corrected chi connectivity index (χ4v) is 14.4. The summed E-state index contributed by atoms with van der Waals surface area (Å²) in [5.41, 5.74) is -0.0516. The average Bonchev–Trinajstić information content (AvgIpc) is 1.74. The molecular formula is C68H83F6N13O20. The minimum atomic E-state index is -1.99. The monoisotopic (exact) mass is 1520 g/mol. The standard InChI is InChI=1S/C68H83F6N13O20/c1-4-9-45(65(100)84-14-8-15-84)102-62-52(77-30(3)90)66(105-49(28-89)57(62)94)104-47-23-35(21-44(86-24-40(78-82-86)31-10-6-5-7-11-31)61(47)107-68-60(97)59(96)54(91)29(2)101-68)64(99)76-13-12-75-63(98)34-20-43(85-25-41(79-81-85)32-16-36(69)50(73)37(70)17-32)55(92)46(22-34)103-67-58(95)53(56(93)48(27-88)106-67)87-26-42(80-83-87)33-18-38(71)51(74)39(72)19-33/h5-7,10-11,16-19,24-26,29,34-35,43-49,52-62,66-68,88-89,91-97H,4,8-9,12-15,20-23,27-28H2,1-3H3,(H,75,98)(H,76,99)(H,77,90)/t29?,34?,35?,43?,44?,45-,46+,47+,48?,49?,52?,53?,54+,55?,56-,57-,58?,59?,60?,61?,62?,66+,67+,68-/m0/s1. The largest absolute Gasteiger partial charge is 0.394 e. The Labute approximate surface area is 605 Å². The third kappa shape index (κ3) is 16.9. The van der Waals surface area contributed by atoms with Crippen LogP contribution in [-0.2, 0) is 52.3 Å². The summed E-state index contributed by atoms with van der Waals surface area (Å²) >= 11 is 0. The van der Waals surface area contributed by atoms with E-state index in [1.165, 1.54) is 18.5 Å². The number of likely N-dealkylation sites (tertiary alicyclic amines) is 1. The highest BCUT2D eigenvalue weighted by Gasteiger charge is 2.55. The third-order valence-electron chi connectivity index (χ3n) is 20.3. The number of carbonyl (C=O) groups excluding carboxylic acids is 4. The zero-order valence-electron chi connectivity index (χ0n) is 57.7. The number of hydrogen-bond acceptors (Lipinski definition) is 26. The molecule has 4 aliphatic heterocycles. The summed E-state index contributed by atoms with van der Waals surface area (Å²) in [6.07, 6.45) is -25.0. The van der Waals surface area contributed by atoms with E-state index in [1.54, 1.807) is 41.4 Å². The number of hydrogen-bond donors (Lipinski definition) is 12. The van der Waals surface area contributed by atoms with Gasteiger partial charge >= 0.3 is 0 Å². The van der Waals surface area contributed by atoms with Gasteiger partial charge in [0, 0.05) is 61.6 Å². The zero-order chi connectivity index (χ0) is 76.4. The Hall–Kier alpha value is -8.10. The van der Waals surface area contributed by atoms with E-state index in [1.807, 2.05) is 6.92 Å². The van der Waals surface area contributed by atoms with Crippen molar-refractivity contribution < 1.29 is 125 Å². The van der Waals surface area contributed by atoms with Crippen molar-refractivity contribution in [3.8, 4) is 33.8 Å². The van der Waals surface area contributed by atoms with E-state index in [2.05, 4.69) is 46.9 Å². The maximum Gasteiger partial charge on any atom is 0.251 e. The number of nitrogens with zero attached hydrogens (tertiary/aromatic N) is 10. The molecule has 3 aromatic heterocycles. The summed E-state index contributed by atoms with van der Waals surface area (Å²) in [5.74, 6) is -14.5. The van der Waals surface area contributed by atoms with E-state index in [-0.39, 0.29) is 73.6 Å². The second-order valence-electron chi connectivity index (χ2n) is 27.5. The van der Waals surface area contributed by atoms with Crippen LogP contribution in [-0.4, -0.2) is 275 Å². The Morgan fingerprint density at radius 3 is 1.63 bits per heavy atom. The molecule has 7 heterocycles. The van der Waals surface area contributed by atoms with Gasteiger partial charge in [0.25, 0.3) is 5.91 Å².